The average Bonchev–Trinajstić information content (AvgIpc) is 3.24. The van der Waals surface area contributed by atoms with Crippen molar-refractivity contribution in [3.8, 4) is 0 Å². The molecule has 0 unspecified atom stereocenters. The minimum atomic E-state index is -0.490. The summed E-state index contributed by atoms with van der Waals surface area (Å²) in [5, 5.41) is 0. The van der Waals surface area contributed by atoms with Gasteiger partial charge in [0, 0.05) is 12.1 Å². The maximum atomic E-state index is 5.90. The van der Waals surface area contributed by atoms with Crippen LogP contribution in [0.3, 0.4) is 0 Å². The van der Waals surface area contributed by atoms with Crippen molar-refractivity contribution in [3.63, 3.8) is 0 Å². The molecule has 0 aliphatic rings. The number of nitrogens with zero attached hydrogens (tertiary/aromatic N) is 2. The summed E-state index contributed by atoms with van der Waals surface area (Å²) in [4.78, 5) is 4.70. The first-order valence-corrected chi connectivity index (χ1v) is 10.1. The first-order valence-electron chi connectivity index (χ1n) is 9.61. The van der Waals surface area contributed by atoms with E-state index in [1.54, 1.807) is 0 Å². The molecule has 1 heterocycles. The number of imidazole rings is 1. The SMILES string of the molecule is Cl.ClCCCc1cn(C(c2ccccc2)(c2ccccc2)c2ccccc2)cn1. The number of hydrogen-bond donors (Lipinski definition) is 0. The van der Waals surface area contributed by atoms with Crippen molar-refractivity contribution < 1.29 is 0 Å². The monoisotopic (exact) mass is 422 g/mol. The van der Waals surface area contributed by atoms with E-state index in [0.717, 1.165) is 18.5 Å². The Labute approximate surface area is 183 Å². The van der Waals surface area contributed by atoms with Crippen LogP contribution in [0.2, 0.25) is 0 Å². The number of hydrogen-bond acceptors (Lipinski definition) is 1. The number of halogens is 2. The molecule has 0 bridgehead atoms. The van der Waals surface area contributed by atoms with Crippen LogP contribution in [0.5, 0.6) is 0 Å². The van der Waals surface area contributed by atoms with Crippen molar-refractivity contribution in [1.29, 1.82) is 0 Å². The highest BCUT2D eigenvalue weighted by Crippen LogP contribution is 2.40. The van der Waals surface area contributed by atoms with E-state index in [1.165, 1.54) is 16.7 Å². The molecule has 0 saturated heterocycles. The lowest BCUT2D eigenvalue weighted by molar-refractivity contribution is 0.514. The Hall–Kier alpha value is -2.55. The van der Waals surface area contributed by atoms with E-state index in [4.69, 9.17) is 16.6 Å². The summed E-state index contributed by atoms with van der Waals surface area (Å²) in [6.07, 6.45) is 5.93. The van der Waals surface area contributed by atoms with E-state index in [9.17, 15) is 0 Å². The van der Waals surface area contributed by atoms with Crippen LogP contribution in [0.15, 0.2) is 104 Å². The Morgan fingerprint density at radius 2 is 1.17 bits per heavy atom. The summed E-state index contributed by atoms with van der Waals surface area (Å²) >= 11 is 5.90. The van der Waals surface area contributed by atoms with Gasteiger partial charge in [0.25, 0.3) is 0 Å². The van der Waals surface area contributed by atoms with Crippen LogP contribution < -0.4 is 0 Å². The first-order chi connectivity index (χ1) is 13.9. The van der Waals surface area contributed by atoms with Gasteiger partial charge >= 0.3 is 0 Å². The van der Waals surface area contributed by atoms with Gasteiger partial charge in [-0.1, -0.05) is 91.0 Å². The molecule has 29 heavy (non-hydrogen) atoms. The zero-order valence-corrected chi connectivity index (χ0v) is 17.7. The minimum absolute atomic E-state index is 0. The highest BCUT2D eigenvalue weighted by atomic mass is 35.5. The first kappa shape index (κ1) is 21.2. The van der Waals surface area contributed by atoms with Crippen LogP contribution in [0.1, 0.15) is 28.8 Å². The molecular weight excluding hydrogens is 399 g/mol. The maximum Gasteiger partial charge on any atom is 0.121 e. The van der Waals surface area contributed by atoms with Gasteiger partial charge < -0.3 is 4.57 Å². The third-order valence-corrected chi connectivity index (χ3v) is 5.43. The molecule has 0 aliphatic heterocycles. The van der Waals surface area contributed by atoms with Crippen molar-refractivity contribution in [2.75, 3.05) is 5.88 Å². The van der Waals surface area contributed by atoms with Gasteiger partial charge in [-0.15, -0.1) is 24.0 Å². The Balaban J connectivity index is 0.00000240. The summed E-state index contributed by atoms with van der Waals surface area (Å²) in [7, 11) is 0. The summed E-state index contributed by atoms with van der Waals surface area (Å²) in [5.74, 6) is 0.647. The third kappa shape index (κ3) is 4.10. The van der Waals surface area contributed by atoms with Gasteiger partial charge in [0.1, 0.15) is 5.54 Å². The van der Waals surface area contributed by atoms with E-state index < -0.39 is 5.54 Å². The second kappa shape index (κ2) is 9.78. The van der Waals surface area contributed by atoms with E-state index >= 15 is 0 Å². The smallest absolute Gasteiger partial charge is 0.121 e. The Bertz CT molecular complexity index is 902. The molecule has 0 saturated carbocycles. The van der Waals surface area contributed by atoms with Crippen LogP contribution in [-0.2, 0) is 12.0 Å². The average molecular weight is 423 g/mol. The molecule has 0 fully saturated rings. The van der Waals surface area contributed by atoms with Crippen molar-refractivity contribution in [1.82, 2.24) is 9.55 Å². The van der Waals surface area contributed by atoms with Gasteiger partial charge in [0.15, 0.2) is 0 Å². The van der Waals surface area contributed by atoms with Crippen LogP contribution in [0.25, 0.3) is 0 Å². The molecule has 148 valence electrons. The number of rotatable bonds is 7. The number of aryl methyl sites for hydroxylation is 1. The molecule has 0 atom stereocenters. The maximum absolute atomic E-state index is 5.90. The summed E-state index contributed by atoms with van der Waals surface area (Å²) in [6, 6.07) is 31.9. The van der Waals surface area contributed by atoms with Crippen molar-refractivity contribution in [2.24, 2.45) is 0 Å². The second-order valence-corrected chi connectivity index (χ2v) is 7.25. The molecule has 4 rings (SSSR count). The fourth-order valence-electron chi connectivity index (χ4n) is 3.91. The van der Waals surface area contributed by atoms with Crippen molar-refractivity contribution >= 4 is 24.0 Å². The Morgan fingerprint density at radius 3 is 1.59 bits per heavy atom. The van der Waals surface area contributed by atoms with Crippen molar-refractivity contribution in [2.45, 2.75) is 18.4 Å². The molecule has 4 aromatic rings. The molecule has 4 heteroatoms. The topological polar surface area (TPSA) is 17.8 Å². The Kier molecular flexibility index (Phi) is 7.13. The molecule has 2 nitrogen and oxygen atoms in total. The third-order valence-electron chi connectivity index (χ3n) is 5.16. The van der Waals surface area contributed by atoms with Crippen LogP contribution >= 0.6 is 24.0 Å². The molecule has 0 aliphatic carbocycles. The largest absolute Gasteiger partial charge is 0.319 e. The lowest BCUT2D eigenvalue weighted by Crippen LogP contribution is -2.36. The van der Waals surface area contributed by atoms with Crippen LogP contribution in [0.4, 0.5) is 0 Å². The normalized spacial score (nSPS) is 11.1. The Morgan fingerprint density at radius 1 is 0.724 bits per heavy atom. The molecule has 0 amide bonds. The second-order valence-electron chi connectivity index (χ2n) is 6.87. The van der Waals surface area contributed by atoms with Crippen molar-refractivity contribution in [3.05, 3.63) is 126 Å². The van der Waals surface area contributed by atoms with Gasteiger partial charge in [0.2, 0.25) is 0 Å². The van der Waals surface area contributed by atoms with E-state index in [1.807, 2.05) is 6.33 Å². The summed E-state index contributed by atoms with van der Waals surface area (Å²) in [5.41, 5.74) is 4.18. The molecule has 0 spiro atoms. The van der Waals surface area contributed by atoms with E-state index in [0.29, 0.717) is 5.88 Å². The minimum Gasteiger partial charge on any atom is -0.319 e. The number of aromatic nitrogens is 2. The van der Waals surface area contributed by atoms with Crippen LogP contribution in [0, 0.1) is 0 Å². The number of benzene rings is 3. The number of alkyl halides is 1. The molecular formula is C25H24Cl2N2. The van der Waals surface area contributed by atoms with Gasteiger partial charge in [-0.2, -0.15) is 0 Å². The van der Waals surface area contributed by atoms with Gasteiger partial charge in [-0.25, -0.2) is 4.98 Å². The fourth-order valence-corrected chi connectivity index (χ4v) is 4.04. The van der Waals surface area contributed by atoms with E-state index in [-0.39, 0.29) is 12.4 Å². The molecule has 3 aromatic carbocycles. The molecule has 0 radical (unpaired) electrons. The summed E-state index contributed by atoms with van der Waals surface area (Å²) < 4.78 is 2.25. The summed E-state index contributed by atoms with van der Waals surface area (Å²) in [6.45, 7) is 0. The predicted octanol–water partition coefficient (Wildman–Crippen LogP) is 6.32. The van der Waals surface area contributed by atoms with Crippen LogP contribution in [-0.4, -0.2) is 15.4 Å². The van der Waals surface area contributed by atoms with Gasteiger partial charge in [-0.3, -0.25) is 0 Å². The zero-order valence-electron chi connectivity index (χ0n) is 16.1. The molecule has 1 aromatic heterocycles. The highest BCUT2D eigenvalue weighted by molar-refractivity contribution is 6.17. The lowest BCUT2D eigenvalue weighted by Gasteiger charge is -2.37. The molecule has 0 N–H and O–H groups in total. The zero-order chi connectivity index (χ0) is 19.2. The van der Waals surface area contributed by atoms with E-state index in [2.05, 4.69) is 102 Å². The lowest BCUT2D eigenvalue weighted by atomic mass is 9.77. The van der Waals surface area contributed by atoms with Gasteiger partial charge in [0.05, 0.1) is 12.0 Å². The standard InChI is InChI=1S/C25H23ClN2.ClH/c26-18-10-17-24-19-28(20-27-24)25(21-11-4-1-5-12-21,22-13-6-2-7-14-22)23-15-8-3-9-16-23;/h1-9,11-16,19-20H,10,17-18H2;1H. The highest BCUT2D eigenvalue weighted by Gasteiger charge is 2.38. The fraction of sp³-hybridized carbons (Fsp3) is 0.160. The van der Waals surface area contributed by atoms with Gasteiger partial charge in [-0.05, 0) is 29.5 Å². The predicted molar refractivity (Wildman–Crippen MR) is 123 cm³/mol. The quantitative estimate of drug-likeness (QED) is 0.251.